The smallest absolute Gasteiger partial charge is 0.246 e. The standard InChI is InChI=1S/C22H22F3N5O/c1-14-4-15(22(25)2-3-29(12-22)20-10-31-11-20)6-18(5-14)27-21-26-13-30(28-21)19-8-16(23)7-17(24)9-19/h4-9,13,20H,2-3,10-12H2,1H3,(H,27,28). The van der Waals surface area contributed by atoms with Crippen molar-refractivity contribution < 1.29 is 17.9 Å². The van der Waals surface area contributed by atoms with Crippen LogP contribution in [0.25, 0.3) is 5.69 Å². The van der Waals surface area contributed by atoms with E-state index < -0.39 is 17.3 Å². The zero-order chi connectivity index (χ0) is 21.6. The zero-order valence-electron chi connectivity index (χ0n) is 17.0. The highest BCUT2D eigenvalue weighted by Gasteiger charge is 2.43. The van der Waals surface area contributed by atoms with Gasteiger partial charge in [0.25, 0.3) is 0 Å². The highest BCUT2D eigenvalue weighted by Crippen LogP contribution is 2.39. The van der Waals surface area contributed by atoms with Crippen molar-refractivity contribution >= 4 is 11.6 Å². The summed E-state index contributed by atoms with van der Waals surface area (Å²) in [7, 11) is 0. The van der Waals surface area contributed by atoms with Gasteiger partial charge in [0, 0.05) is 24.8 Å². The van der Waals surface area contributed by atoms with Crippen molar-refractivity contribution in [3.05, 3.63) is 65.5 Å². The third kappa shape index (κ3) is 4.03. The molecule has 2 aromatic carbocycles. The predicted molar refractivity (Wildman–Crippen MR) is 109 cm³/mol. The largest absolute Gasteiger partial charge is 0.378 e. The van der Waals surface area contributed by atoms with Crippen LogP contribution in [-0.4, -0.2) is 52.0 Å². The van der Waals surface area contributed by atoms with Crippen molar-refractivity contribution in [2.45, 2.75) is 25.1 Å². The van der Waals surface area contributed by atoms with Gasteiger partial charge in [-0.3, -0.25) is 4.90 Å². The molecular formula is C22H22F3N5O. The quantitative estimate of drug-likeness (QED) is 0.668. The summed E-state index contributed by atoms with van der Waals surface area (Å²) >= 11 is 0. The highest BCUT2D eigenvalue weighted by atomic mass is 19.1. The Balaban J connectivity index is 1.36. The maximum atomic E-state index is 15.8. The molecule has 31 heavy (non-hydrogen) atoms. The normalized spacial score (nSPS) is 21.9. The Labute approximate surface area is 177 Å². The number of hydrogen-bond donors (Lipinski definition) is 1. The Morgan fingerprint density at radius 2 is 1.87 bits per heavy atom. The summed E-state index contributed by atoms with van der Waals surface area (Å²) in [6.45, 7) is 4.30. The van der Waals surface area contributed by atoms with Gasteiger partial charge in [0.05, 0.1) is 24.9 Å². The van der Waals surface area contributed by atoms with Gasteiger partial charge in [-0.15, -0.1) is 5.10 Å². The number of aryl methyl sites for hydroxylation is 1. The minimum Gasteiger partial charge on any atom is -0.378 e. The fourth-order valence-corrected chi connectivity index (χ4v) is 4.14. The lowest BCUT2D eigenvalue weighted by Gasteiger charge is -2.35. The van der Waals surface area contributed by atoms with Gasteiger partial charge < -0.3 is 10.1 Å². The highest BCUT2D eigenvalue weighted by molar-refractivity contribution is 5.57. The van der Waals surface area contributed by atoms with Gasteiger partial charge in [0.2, 0.25) is 5.95 Å². The molecule has 1 unspecified atom stereocenters. The molecule has 0 bridgehead atoms. The first kappa shape index (κ1) is 20.0. The molecule has 3 aromatic rings. The van der Waals surface area contributed by atoms with Crippen LogP contribution in [0.3, 0.4) is 0 Å². The lowest BCUT2D eigenvalue weighted by atomic mass is 9.93. The average Bonchev–Trinajstić information content (AvgIpc) is 3.27. The zero-order valence-corrected chi connectivity index (χ0v) is 17.0. The van der Waals surface area contributed by atoms with E-state index in [-0.39, 0.29) is 11.6 Å². The van der Waals surface area contributed by atoms with E-state index >= 15 is 4.39 Å². The number of rotatable bonds is 5. The molecular weight excluding hydrogens is 407 g/mol. The molecule has 1 atom stereocenters. The Morgan fingerprint density at radius 1 is 1.10 bits per heavy atom. The molecule has 3 heterocycles. The van der Waals surface area contributed by atoms with E-state index in [0.717, 1.165) is 23.8 Å². The first-order valence-corrected chi connectivity index (χ1v) is 10.2. The SMILES string of the molecule is Cc1cc(Nc2ncn(-c3cc(F)cc(F)c3)n2)cc(C2(F)CCN(C3COC3)C2)c1. The third-order valence-electron chi connectivity index (χ3n) is 5.84. The minimum atomic E-state index is -1.43. The summed E-state index contributed by atoms with van der Waals surface area (Å²) in [4.78, 5) is 6.31. The molecule has 2 aliphatic rings. The molecule has 0 spiro atoms. The summed E-state index contributed by atoms with van der Waals surface area (Å²) < 4.78 is 49.3. The van der Waals surface area contributed by atoms with Crippen LogP contribution in [0, 0.1) is 18.6 Å². The van der Waals surface area contributed by atoms with E-state index in [1.54, 1.807) is 6.07 Å². The molecule has 0 saturated carbocycles. The van der Waals surface area contributed by atoms with Crippen LogP contribution in [-0.2, 0) is 10.4 Å². The van der Waals surface area contributed by atoms with Crippen LogP contribution in [0.4, 0.5) is 24.8 Å². The van der Waals surface area contributed by atoms with Gasteiger partial charge in [-0.05, 0) is 48.7 Å². The lowest BCUT2D eigenvalue weighted by Crippen LogP contribution is -2.48. The summed E-state index contributed by atoms with van der Waals surface area (Å²) in [6, 6.07) is 8.95. The fourth-order valence-electron chi connectivity index (χ4n) is 4.14. The fraction of sp³-hybridized carbons (Fsp3) is 0.364. The van der Waals surface area contributed by atoms with E-state index in [9.17, 15) is 8.78 Å². The Bertz CT molecular complexity index is 1100. The number of anilines is 2. The predicted octanol–water partition coefficient (Wildman–Crippen LogP) is 3.87. The van der Waals surface area contributed by atoms with E-state index in [2.05, 4.69) is 20.3 Å². The van der Waals surface area contributed by atoms with Crippen LogP contribution in [0.5, 0.6) is 0 Å². The molecule has 1 aromatic heterocycles. The molecule has 5 rings (SSSR count). The maximum Gasteiger partial charge on any atom is 0.246 e. The van der Waals surface area contributed by atoms with Crippen molar-refractivity contribution in [2.75, 3.05) is 31.6 Å². The monoisotopic (exact) mass is 429 g/mol. The molecule has 0 aliphatic carbocycles. The molecule has 1 N–H and O–H groups in total. The van der Waals surface area contributed by atoms with Gasteiger partial charge in [-0.25, -0.2) is 17.9 Å². The molecule has 6 nitrogen and oxygen atoms in total. The van der Waals surface area contributed by atoms with E-state index in [1.807, 2.05) is 19.1 Å². The summed E-state index contributed by atoms with van der Waals surface area (Å²) in [5.41, 5.74) is 0.972. The first-order chi connectivity index (χ1) is 14.9. The number of ether oxygens (including phenoxy) is 1. The van der Waals surface area contributed by atoms with E-state index in [0.29, 0.717) is 50.0 Å². The van der Waals surface area contributed by atoms with Crippen molar-refractivity contribution in [1.82, 2.24) is 19.7 Å². The maximum absolute atomic E-state index is 15.8. The number of halogens is 3. The van der Waals surface area contributed by atoms with Crippen molar-refractivity contribution in [1.29, 1.82) is 0 Å². The van der Waals surface area contributed by atoms with Crippen molar-refractivity contribution in [3.63, 3.8) is 0 Å². The van der Waals surface area contributed by atoms with Crippen molar-refractivity contribution in [3.8, 4) is 5.69 Å². The molecule has 0 amide bonds. The van der Waals surface area contributed by atoms with Crippen LogP contribution >= 0.6 is 0 Å². The topological polar surface area (TPSA) is 55.2 Å². The summed E-state index contributed by atoms with van der Waals surface area (Å²) in [5, 5.41) is 7.30. The average molecular weight is 429 g/mol. The molecule has 0 radical (unpaired) electrons. The van der Waals surface area contributed by atoms with Crippen LogP contribution in [0.15, 0.2) is 42.7 Å². The number of nitrogens with one attached hydrogen (secondary N) is 1. The van der Waals surface area contributed by atoms with Gasteiger partial charge >= 0.3 is 0 Å². The molecule has 2 saturated heterocycles. The molecule has 9 heteroatoms. The number of benzene rings is 2. The lowest BCUT2D eigenvalue weighted by molar-refractivity contribution is -0.0614. The summed E-state index contributed by atoms with van der Waals surface area (Å²) in [5.74, 6) is -1.15. The second kappa shape index (κ2) is 7.65. The van der Waals surface area contributed by atoms with Crippen LogP contribution in [0.2, 0.25) is 0 Å². The van der Waals surface area contributed by atoms with E-state index in [1.165, 1.54) is 11.0 Å². The number of nitrogens with zero attached hydrogens (tertiary/aromatic N) is 4. The summed E-state index contributed by atoms with van der Waals surface area (Å²) in [6.07, 6.45) is 1.80. The van der Waals surface area contributed by atoms with Crippen LogP contribution < -0.4 is 5.32 Å². The van der Waals surface area contributed by atoms with E-state index in [4.69, 9.17) is 4.74 Å². The van der Waals surface area contributed by atoms with Gasteiger partial charge in [0.1, 0.15) is 23.6 Å². The molecule has 162 valence electrons. The van der Waals surface area contributed by atoms with Gasteiger partial charge in [-0.2, -0.15) is 4.98 Å². The number of hydrogen-bond acceptors (Lipinski definition) is 5. The minimum absolute atomic E-state index is 0.219. The Hall–Kier alpha value is -2.91. The Morgan fingerprint density at radius 3 is 2.58 bits per heavy atom. The van der Waals surface area contributed by atoms with Gasteiger partial charge in [0.15, 0.2) is 0 Å². The van der Waals surface area contributed by atoms with Crippen molar-refractivity contribution in [2.24, 2.45) is 0 Å². The van der Waals surface area contributed by atoms with Crippen LogP contribution in [0.1, 0.15) is 17.5 Å². The first-order valence-electron chi connectivity index (χ1n) is 10.2. The number of aromatic nitrogens is 3. The third-order valence-corrected chi connectivity index (χ3v) is 5.84. The number of alkyl halides is 1. The molecule has 2 aliphatic heterocycles. The second-order valence-electron chi connectivity index (χ2n) is 8.23. The second-order valence-corrected chi connectivity index (χ2v) is 8.23. The Kier molecular flexibility index (Phi) is 4.94. The number of likely N-dealkylation sites (tertiary alicyclic amines) is 1. The van der Waals surface area contributed by atoms with Gasteiger partial charge in [-0.1, -0.05) is 6.07 Å². The molecule has 2 fully saturated rings.